The maximum atomic E-state index is 13.2. The Morgan fingerprint density at radius 1 is 1.26 bits per heavy atom. The Morgan fingerprint density at radius 2 is 2.10 bits per heavy atom. The Morgan fingerprint density at radius 3 is 2.84 bits per heavy atom. The molecule has 4 rings (SSSR count). The number of carbonyl (C=O) groups excluding carboxylic acids is 3. The van der Waals surface area contributed by atoms with Crippen molar-refractivity contribution in [3.8, 4) is 5.75 Å². The van der Waals surface area contributed by atoms with Crippen LogP contribution in [0.4, 0.5) is 5.69 Å². The van der Waals surface area contributed by atoms with E-state index in [4.69, 9.17) is 9.47 Å². The highest BCUT2D eigenvalue weighted by atomic mass is 32.1. The van der Waals surface area contributed by atoms with Crippen molar-refractivity contribution in [3.05, 3.63) is 46.2 Å². The zero-order valence-corrected chi connectivity index (χ0v) is 18.2. The normalized spacial score (nSPS) is 23.0. The monoisotopic (exact) mass is 443 g/mol. The number of benzene rings is 1. The van der Waals surface area contributed by atoms with Gasteiger partial charge in [0, 0.05) is 19.8 Å². The fourth-order valence-electron chi connectivity index (χ4n) is 4.01. The molecule has 0 spiro atoms. The van der Waals surface area contributed by atoms with Crippen LogP contribution in [0.25, 0.3) is 0 Å². The second-order valence-corrected chi connectivity index (χ2v) is 8.64. The van der Waals surface area contributed by atoms with Gasteiger partial charge in [-0.3, -0.25) is 14.4 Å². The fourth-order valence-corrected chi connectivity index (χ4v) is 4.63. The first kappa shape index (κ1) is 21.3. The summed E-state index contributed by atoms with van der Waals surface area (Å²) in [5.41, 5.74) is 0.933. The maximum absolute atomic E-state index is 13.2. The lowest BCUT2D eigenvalue weighted by atomic mass is 9.94. The molecule has 0 radical (unpaired) electrons. The Bertz CT molecular complexity index is 978. The van der Waals surface area contributed by atoms with Crippen LogP contribution in [0.5, 0.6) is 5.75 Å². The van der Waals surface area contributed by atoms with Crippen LogP contribution < -0.4 is 15.4 Å². The van der Waals surface area contributed by atoms with Crippen LogP contribution in [-0.2, 0) is 9.53 Å². The molecule has 2 aliphatic rings. The summed E-state index contributed by atoms with van der Waals surface area (Å²) in [5, 5.41) is 7.29. The molecule has 2 N–H and O–H groups in total. The summed E-state index contributed by atoms with van der Waals surface area (Å²) in [6, 6.07) is 8.47. The van der Waals surface area contributed by atoms with Gasteiger partial charge in [-0.15, -0.1) is 11.3 Å². The van der Waals surface area contributed by atoms with Gasteiger partial charge in [-0.25, -0.2) is 0 Å². The summed E-state index contributed by atoms with van der Waals surface area (Å²) >= 11 is 1.35. The van der Waals surface area contributed by atoms with E-state index in [1.807, 2.05) is 11.4 Å². The topological polar surface area (TPSA) is 97.0 Å². The van der Waals surface area contributed by atoms with Crippen molar-refractivity contribution >= 4 is 34.7 Å². The van der Waals surface area contributed by atoms with Crippen LogP contribution in [0.1, 0.15) is 39.3 Å². The van der Waals surface area contributed by atoms with E-state index in [9.17, 15) is 14.4 Å². The Labute approximate surface area is 184 Å². The predicted molar refractivity (Wildman–Crippen MR) is 117 cm³/mol. The summed E-state index contributed by atoms with van der Waals surface area (Å²) in [4.78, 5) is 39.6. The molecule has 1 fully saturated rings. The van der Waals surface area contributed by atoms with E-state index in [0.717, 1.165) is 6.42 Å². The van der Waals surface area contributed by atoms with E-state index in [0.29, 0.717) is 34.7 Å². The Kier molecular flexibility index (Phi) is 6.24. The van der Waals surface area contributed by atoms with Crippen LogP contribution in [0, 0.1) is 0 Å². The van der Waals surface area contributed by atoms with Crippen molar-refractivity contribution in [1.82, 2.24) is 10.2 Å². The van der Waals surface area contributed by atoms with E-state index in [1.165, 1.54) is 11.3 Å². The quantitative estimate of drug-likeness (QED) is 0.757. The summed E-state index contributed by atoms with van der Waals surface area (Å²) < 4.78 is 12.1. The first-order valence-electron chi connectivity index (χ1n) is 10.2. The number of fused-ring (bicyclic) bond motifs is 2. The smallest absolute Gasteiger partial charge is 0.265 e. The predicted octanol–water partition coefficient (Wildman–Crippen LogP) is 2.52. The molecule has 0 aliphatic carbocycles. The number of thiophene rings is 1. The van der Waals surface area contributed by atoms with E-state index < -0.39 is 0 Å². The summed E-state index contributed by atoms with van der Waals surface area (Å²) in [6.07, 6.45) is 1.20. The van der Waals surface area contributed by atoms with Crippen LogP contribution >= 0.6 is 11.3 Å². The zero-order chi connectivity index (χ0) is 22.0. The number of carbonyl (C=O) groups is 3. The van der Waals surface area contributed by atoms with Crippen molar-refractivity contribution < 1.29 is 23.9 Å². The lowest BCUT2D eigenvalue weighted by molar-refractivity contribution is -0.133. The van der Waals surface area contributed by atoms with Gasteiger partial charge in [-0.05, 0) is 42.5 Å². The van der Waals surface area contributed by atoms with E-state index >= 15 is 0 Å². The number of hydrogen-bond donors (Lipinski definition) is 2. The average Bonchev–Trinajstić information content (AvgIpc) is 3.32. The molecule has 164 valence electrons. The molecule has 3 atom stereocenters. The van der Waals surface area contributed by atoms with Crippen molar-refractivity contribution in [2.24, 2.45) is 0 Å². The highest BCUT2D eigenvalue weighted by Crippen LogP contribution is 2.32. The number of rotatable bonds is 4. The molecular formula is C22H25N3O5S. The molecule has 1 saturated heterocycles. The minimum absolute atomic E-state index is 0.0675. The molecule has 9 heteroatoms. The van der Waals surface area contributed by atoms with Gasteiger partial charge in [0.1, 0.15) is 18.5 Å². The van der Waals surface area contributed by atoms with Gasteiger partial charge in [0.15, 0.2) is 0 Å². The summed E-state index contributed by atoms with van der Waals surface area (Å²) in [5.74, 6) is -0.0285. The molecular weight excluding hydrogens is 418 g/mol. The molecule has 1 aromatic carbocycles. The number of ether oxygens (including phenoxy) is 2. The van der Waals surface area contributed by atoms with E-state index in [-0.39, 0.29) is 42.6 Å². The Hall–Kier alpha value is -2.91. The van der Waals surface area contributed by atoms with Crippen molar-refractivity contribution in [2.75, 3.05) is 26.0 Å². The lowest BCUT2D eigenvalue weighted by Gasteiger charge is -2.42. The molecule has 8 nitrogen and oxygen atoms in total. The molecule has 0 bridgehead atoms. The van der Waals surface area contributed by atoms with E-state index in [1.54, 1.807) is 43.3 Å². The van der Waals surface area contributed by atoms with Gasteiger partial charge in [-0.1, -0.05) is 6.07 Å². The molecule has 1 aromatic heterocycles. The number of anilines is 1. The Balaban J connectivity index is 1.52. The van der Waals surface area contributed by atoms with Crippen LogP contribution in [0.3, 0.4) is 0 Å². The number of amides is 3. The molecule has 3 amide bonds. The number of nitrogens with zero attached hydrogens (tertiary/aromatic N) is 1. The molecule has 0 saturated carbocycles. The first-order chi connectivity index (χ1) is 15.0. The third kappa shape index (κ3) is 4.57. The molecule has 31 heavy (non-hydrogen) atoms. The van der Waals surface area contributed by atoms with Gasteiger partial charge < -0.3 is 25.0 Å². The molecule has 2 aromatic rings. The van der Waals surface area contributed by atoms with Crippen LogP contribution in [0.2, 0.25) is 0 Å². The highest BCUT2D eigenvalue weighted by Gasteiger charge is 2.39. The van der Waals surface area contributed by atoms with Gasteiger partial charge in [0.25, 0.3) is 11.8 Å². The van der Waals surface area contributed by atoms with Crippen molar-refractivity contribution in [3.63, 3.8) is 0 Å². The molecule has 3 heterocycles. The van der Waals surface area contributed by atoms with Crippen LogP contribution in [0.15, 0.2) is 35.7 Å². The van der Waals surface area contributed by atoms with Gasteiger partial charge in [0.2, 0.25) is 5.91 Å². The largest absolute Gasteiger partial charge is 0.490 e. The van der Waals surface area contributed by atoms with Crippen molar-refractivity contribution in [1.29, 1.82) is 0 Å². The minimum Gasteiger partial charge on any atom is -0.490 e. The number of hydrogen-bond acceptors (Lipinski definition) is 6. The minimum atomic E-state index is -0.316. The third-order valence-electron chi connectivity index (χ3n) is 5.71. The maximum Gasteiger partial charge on any atom is 0.265 e. The van der Waals surface area contributed by atoms with Gasteiger partial charge >= 0.3 is 0 Å². The second-order valence-electron chi connectivity index (χ2n) is 7.69. The second kappa shape index (κ2) is 9.07. The molecule has 0 unspecified atom stereocenters. The zero-order valence-electron chi connectivity index (χ0n) is 17.4. The highest BCUT2D eigenvalue weighted by molar-refractivity contribution is 7.12. The number of likely N-dealkylation sites (N-methyl/N-ethyl adjacent to an activating group) is 1. The van der Waals surface area contributed by atoms with Crippen molar-refractivity contribution in [2.45, 2.75) is 37.5 Å². The number of nitrogens with one attached hydrogen (secondary N) is 2. The fraction of sp³-hybridized carbons (Fsp3) is 0.409. The van der Waals surface area contributed by atoms with Gasteiger partial charge in [0.05, 0.1) is 29.0 Å². The summed E-state index contributed by atoms with van der Waals surface area (Å²) in [7, 11) is 3.36. The standard InChI is InChI=1S/C22H25N3O5S/c1-23-20(26)11-14-6-7-16-18(30-14)12-29-17-8-5-13(10-15(17)22(28)25(16)2)24-21(27)19-4-3-9-31-19/h3-5,8-10,14,16,18H,6-7,11-12H2,1-2H3,(H,23,26)(H,24,27)/t14-,16+,18+/m0/s1. The lowest BCUT2D eigenvalue weighted by Crippen LogP contribution is -2.53. The summed E-state index contributed by atoms with van der Waals surface area (Å²) in [6.45, 7) is 0.278. The first-order valence-corrected chi connectivity index (χ1v) is 11.1. The molecule has 2 aliphatic heterocycles. The van der Waals surface area contributed by atoms with E-state index in [2.05, 4.69) is 10.6 Å². The van der Waals surface area contributed by atoms with Crippen LogP contribution in [-0.4, -0.2) is 61.6 Å². The van der Waals surface area contributed by atoms with Gasteiger partial charge in [-0.2, -0.15) is 0 Å². The third-order valence-corrected chi connectivity index (χ3v) is 6.58. The average molecular weight is 444 g/mol. The SMILES string of the molecule is CNC(=O)C[C@@H]1CC[C@@H]2[C@@H](COc3ccc(NC(=O)c4cccs4)cc3C(=O)N2C)O1.